The number of aliphatic hydroxyl groups is 1. The van der Waals surface area contributed by atoms with E-state index >= 15 is 0 Å². The van der Waals surface area contributed by atoms with Gasteiger partial charge in [0, 0.05) is 47.5 Å². The van der Waals surface area contributed by atoms with Gasteiger partial charge in [-0.15, -0.1) is 0 Å². The van der Waals surface area contributed by atoms with Crippen LogP contribution in [0.2, 0.25) is 0 Å². The Kier molecular flexibility index (Phi) is 57.6. The third-order valence-corrected chi connectivity index (χ3v) is 9.55. The monoisotopic (exact) mass is 1070 g/mol. The van der Waals surface area contributed by atoms with Gasteiger partial charge in [0.15, 0.2) is 0 Å². The lowest BCUT2D eigenvalue weighted by molar-refractivity contribution is -0.320. The van der Waals surface area contributed by atoms with Crippen molar-refractivity contribution in [2.24, 2.45) is 5.92 Å². The van der Waals surface area contributed by atoms with Gasteiger partial charge in [0.05, 0.1) is 34.4 Å². The molecule has 5 atom stereocenters. The zero-order chi connectivity index (χ0) is 55.0. The molecule has 0 radical (unpaired) electrons. The van der Waals surface area contributed by atoms with Gasteiger partial charge in [-0.3, -0.25) is 9.11 Å². The molecule has 5 N–H and O–H groups in total. The summed E-state index contributed by atoms with van der Waals surface area (Å²) in [6.45, 7) is 10.9. The summed E-state index contributed by atoms with van der Waals surface area (Å²) in [7, 11) is -25.9. The summed E-state index contributed by atoms with van der Waals surface area (Å²) >= 11 is 0. The van der Waals surface area contributed by atoms with Crippen molar-refractivity contribution >= 4 is 89.1 Å². The molecular weight excluding hydrogens is 1020 g/mol. The lowest BCUT2D eigenvalue weighted by atomic mass is 10.1. The minimum atomic E-state index is -5.20. The molecule has 5 unspecified atom stereocenters. The maximum Gasteiger partial charge on any atom is 0.333 e. The third kappa shape index (κ3) is 145. The molecule has 0 aliphatic rings. The third-order valence-electron chi connectivity index (χ3n) is 3.83. The van der Waals surface area contributed by atoms with Crippen molar-refractivity contribution in [2.45, 2.75) is 92.8 Å². The van der Waals surface area contributed by atoms with Gasteiger partial charge in [-0.1, -0.05) is 49.8 Å². The number of hydrogen-bond donors (Lipinski definition) is 5. The molecule has 0 aliphatic carbocycles. The standard InChI is InChI=1S/C5H8O4.C3H5FO2.C3H6O3.C3H6O2.C2H7NO3S.C2H8O6P2.C2H7O3P.C2H6O3S.C2H4O2.CH4O3S/c1-3(5(8)9)2-4(6)7;2*1-2(4)3(5)6;1-2-3(4)5;1-2-3-7(4,5)6;1-2(9(3,4)5)10(6,7)8;2*1-2-6(3,4)5;1-2(3)4;1-5(2,3)4/h3H,2H2,1H3,(H,6,7)(H,8,9);2H,1H3,(H,5,6);2,4H,1H3,(H,5,6);2H2,1H3,(H,4,5);3H,2H2,1H3,(H,4,5,6);2H,1H3,(H2,3,4,5)(H2,6,7,8);2H2,1H3,(H2,3,4,5);2H2,1H3,(H,3,4,5);1H3,(H,3,4);1H3,(H,2,3,4)/p-12. The molecule has 0 saturated heterocycles. The number of nitrogens with one attached hydrogen (secondary N) is 1. The molecule has 0 rings (SSSR count). The number of carboxylic acids is 6. The Morgan fingerprint density at radius 3 is 0.938 bits per heavy atom. The smallest absolute Gasteiger partial charge is 0.333 e. The predicted octanol–water partition coefficient (Wildman–Crippen LogP) is -12.2. The minimum Gasteiger partial charge on any atom is -0.811 e. The molecule has 0 amide bonds. The van der Waals surface area contributed by atoms with E-state index in [-0.39, 0.29) is 24.9 Å². The van der Waals surface area contributed by atoms with Crippen LogP contribution in [0.4, 0.5) is 4.39 Å². The summed E-state index contributed by atoms with van der Waals surface area (Å²) in [5.74, 6) is -9.18. The van der Waals surface area contributed by atoms with E-state index < -0.39 is 119 Å². The number of rotatable bonds is 12. The average Bonchev–Trinajstić information content (AvgIpc) is 3.03. The Hall–Kier alpha value is -3.15. The molecule has 0 heterocycles. The Morgan fingerprint density at radius 2 is 0.922 bits per heavy atom. The highest BCUT2D eigenvalue weighted by Gasteiger charge is 2.17. The lowest BCUT2D eigenvalue weighted by Gasteiger charge is -2.40. The topological polar surface area (TPSA) is 626 Å². The van der Waals surface area contributed by atoms with Crippen LogP contribution in [0.25, 0.3) is 0 Å². The van der Waals surface area contributed by atoms with Gasteiger partial charge in [-0.05, 0) is 46.7 Å². The first-order chi connectivity index (χ1) is 27.7. The maximum absolute atomic E-state index is 11.2. The second-order valence-corrected chi connectivity index (χ2v) is 20.6. The van der Waals surface area contributed by atoms with Crippen molar-refractivity contribution in [3.63, 3.8) is 0 Å². The second-order valence-electron chi connectivity index (χ2n) is 10.2. The van der Waals surface area contributed by atoms with Crippen LogP contribution in [0.5, 0.6) is 0 Å². The minimum absolute atomic E-state index is 0.111. The van der Waals surface area contributed by atoms with Gasteiger partial charge >= 0.3 is 10.3 Å². The molecule has 64 heavy (non-hydrogen) atoms. The van der Waals surface area contributed by atoms with E-state index in [4.69, 9.17) is 29.0 Å². The zero-order valence-electron chi connectivity index (χ0n) is 35.1. The number of halogens is 1. The molecule has 0 aromatic rings. The number of aliphatic carboxylic acids is 6. The summed E-state index contributed by atoms with van der Waals surface area (Å²) in [5, 5.41) is 62.0. The van der Waals surface area contributed by atoms with Crippen LogP contribution in [0, 0.1) is 5.92 Å². The molecule has 0 aromatic carbocycles. The zero-order valence-corrected chi connectivity index (χ0v) is 40.2. The van der Waals surface area contributed by atoms with E-state index in [1.165, 1.54) is 27.7 Å². The van der Waals surface area contributed by atoms with Crippen molar-refractivity contribution in [1.82, 2.24) is 4.72 Å². The molecule has 392 valence electrons. The van der Waals surface area contributed by atoms with Crippen molar-refractivity contribution in [3.8, 4) is 0 Å². The Bertz CT molecular complexity index is 1720. The second kappa shape index (κ2) is 43.7. The molecule has 0 aromatic heterocycles. The number of hydrogen-bond acceptors (Lipinski definition) is 28. The van der Waals surface area contributed by atoms with Crippen molar-refractivity contribution in [2.75, 3.05) is 24.7 Å². The predicted molar refractivity (Wildman–Crippen MR) is 190 cm³/mol. The van der Waals surface area contributed by atoms with Crippen molar-refractivity contribution < 1.29 is 151 Å². The Labute approximate surface area is 367 Å². The fourth-order valence-electron chi connectivity index (χ4n) is 0.694. The quantitative estimate of drug-likeness (QED) is 0.0895. The van der Waals surface area contributed by atoms with Crippen LogP contribution in [-0.4, -0.2) is 127 Å². The van der Waals surface area contributed by atoms with Gasteiger partial charge < -0.3 is 112 Å². The molecule has 32 nitrogen and oxygen atoms in total. The van der Waals surface area contributed by atoms with Crippen LogP contribution < -0.4 is 59.8 Å². The highest BCUT2D eigenvalue weighted by molar-refractivity contribution is 7.85. The molecule has 0 bridgehead atoms. The first-order valence-electron chi connectivity index (χ1n) is 15.8. The van der Waals surface area contributed by atoms with E-state index in [0.717, 1.165) is 20.8 Å². The average molecular weight is 1070 g/mol. The first-order valence-corrected chi connectivity index (χ1v) is 25.7. The van der Waals surface area contributed by atoms with E-state index in [0.29, 0.717) is 13.2 Å². The first kappa shape index (κ1) is 84.3. The largest absolute Gasteiger partial charge is 0.811 e. The highest BCUT2D eigenvalue weighted by atomic mass is 32.2. The Morgan fingerprint density at radius 1 is 0.688 bits per heavy atom. The number of alkyl halides is 1. The van der Waals surface area contributed by atoms with Crippen LogP contribution in [0.1, 0.15) is 75.2 Å². The van der Waals surface area contributed by atoms with E-state index in [1.807, 2.05) is 4.72 Å². The highest BCUT2D eigenvalue weighted by Crippen LogP contribution is 2.51. The molecule has 39 heteroatoms. The molecule has 0 fully saturated rings. The summed E-state index contributed by atoms with van der Waals surface area (Å²) in [6, 6.07) is 0. The fraction of sp³-hybridized carbons (Fsp3) is 0.760. The Balaban J connectivity index is -0.0000000640. The molecule has 0 aliphatic heterocycles. The van der Waals surface area contributed by atoms with Crippen LogP contribution in [-0.2, 0) is 73.0 Å². The molecular formula is C25H49FNO31P3S3-12. The van der Waals surface area contributed by atoms with Gasteiger partial charge in [0.2, 0.25) is 0 Å². The number of carbonyl (C=O) groups is 6. The summed E-state index contributed by atoms with van der Waals surface area (Å²) in [4.78, 5) is 113. The number of carbonyl (C=O) groups excluding carboxylic acids is 6. The van der Waals surface area contributed by atoms with Crippen LogP contribution in [0.3, 0.4) is 0 Å². The number of aliphatic hydroxyl groups excluding tert-OH is 1. The van der Waals surface area contributed by atoms with Crippen molar-refractivity contribution in [1.29, 1.82) is 0 Å². The van der Waals surface area contributed by atoms with E-state index in [9.17, 15) is 122 Å². The van der Waals surface area contributed by atoms with Crippen molar-refractivity contribution in [3.05, 3.63) is 0 Å². The summed E-state index contributed by atoms with van der Waals surface area (Å²) < 4.78 is 124. The lowest BCUT2D eigenvalue weighted by Crippen LogP contribution is -2.34. The van der Waals surface area contributed by atoms with Gasteiger partial charge in [-0.25, -0.2) is 12.8 Å². The molecule has 0 spiro atoms. The van der Waals surface area contributed by atoms with Crippen LogP contribution >= 0.6 is 22.8 Å². The van der Waals surface area contributed by atoms with Gasteiger partial charge in [0.25, 0.3) is 10.1 Å². The van der Waals surface area contributed by atoms with Gasteiger partial charge in [-0.2, -0.15) is 21.6 Å². The molecule has 0 saturated carbocycles. The SMILES string of the molecule is CC(=O)[O-].CC(CC(=O)[O-])C(=O)[O-].CC(F)C(=O)[O-].CC(O)C(=O)[O-].CC(P(=O)([O-])[O-])P(=O)([O-])O.CCC(=O)[O-].CCNS(=O)(=O)O.CCP(=O)([O-])[O-].CCS(=O)(=O)[O-].CS(=O)(=O)O. The number of carboxylic acid groups (broad SMARTS) is 6. The summed E-state index contributed by atoms with van der Waals surface area (Å²) in [5.41, 5.74) is 0. The summed E-state index contributed by atoms with van der Waals surface area (Å²) in [6.07, 6.45) is -3.13. The van der Waals surface area contributed by atoms with Gasteiger partial charge in [0.1, 0.15) is 13.8 Å². The maximum atomic E-state index is 11.2. The normalized spacial score (nSPS) is 13.1. The van der Waals surface area contributed by atoms with E-state index in [1.54, 1.807) is 6.92 Å². The van der Waals surface area contributed by atoms with Crippen LogP contribution in [0.15, 0.2) is 0 Å². The fourth-order valence-corrected chi connectivity index (χ4v) is 2.49. The van der Waals surface area contributed by atoms with E-state index in [2.05, 4.69) is 0 Å².